The van der Waals surface area contributed by atoms with E-state index in [1.165, 1.54) is 0 Å². The van der Waals surface area contributed by atoms with Gasteiger partial charge in [-0.15, -0.1) is 0 Å². The van der Waals surface area contributed by atoms with Gasteiger partial charge in [-0.2, -0.15) is 4.98 Å². The molecule has 0 radical (unpaired) electrons. The van der Waals surface area contributed by atoms with E-state index in [0.29, 0.717) is 16.7 Å². The van der Waals surface area contributed by atoms with Crippen molar-refractivity contribution in [1.29, 1.82) is 0 Å². The van der Waals surface area contributed by atoms with E-state index >= 15 is 0 Å². The largest absolute Gasteiger partial charge is 0.334 e. The van der Waals surface area contributed by atoms with Crippen LogP contribution in [0.25, 0.3) is 11.5 Å². The Balaban J connectivity index is 2.37. The minimum Gasteiger partial charge on any atom is -0.334 e. The Bertz CT molecular complexity index is 524. The minimum absolute atomic E-state index is 0.180. The molecule has 0 spiro atoms. The summed E-state index contributed by atoms with van der Waals surface area (Å²) in [5, 5.41) is 4.57. The molecular formula is C12H14ClN3O. The third-order valence-electron chi connectivity index (χ3n) is 2.63. The summed E-state index contributed by atoms with van der Waals surface area (Å²) in [5.41, 5.74) is 7.73. The van der Waals surface area contributed by atoms with E-state index < -0.39 is 0 Å². The molecule has 0 saturated carbocycles. The molecule has 1 aromatic carbocycles. The van der Waals surface area contributed by atoms with Gasteiger partial charge in [-0.05, 0) is 37.1 Å². The average molecular weight is 252 g/mol. The van der Waals surface area contributed by atoms with Gasteiger partial charge in [-0.25, -0.2) is 0 Å². The van der Waals surface area contributed by atoms with E-state index in [9.17, 15) is 0 Å². The molecule has 0 aliphatic carbocycles. The summed E-state index contributed by atoms with van der Waals surface area (Å²) in [6.07, 6.45) is 0.776. The molecular weight excluding hydrogens is 238 g/mol. The first-order valence-electron chi connectivity index (χ1n) is 5.47. The highest BCUT2D eigenvalue weighted by atomic mass is 35.5. The fourth-order valence-corrected chi connectivity index (χ4v) is 1.77. The number of halogens is 1. The molecule has 0 fully saturated rings. The Kier molecular flexibility index (Phi) is 3.45. The number of rotatable bonds is 3. The molecule has 2 rings (SSSR count). The highest BCUT2D eigenvalue weighted by Crippen LogP contribution is 2.25. The van der Waals surface area contributed by atoms with Gasteiger partial charge in [0.15, 0.2) is 5.82 Å². The van der Waals surface area contributed by atoms with Gasteiger partial charge in [0.25, 0.3) is 5.89 Å². The zero-order valence-corrected chi connectivity index (χ0v) is 10.5. The van der Waals surface area contributed by atoms with E-state index in [1.807, 2.05) is 26.0 Å². The lowest BCUT2D eigenvalue weighted by molar-refractivity contribution is 0.415. The lowest BCUT2D eigenvalue weighted by Crippen LogP contribution is -2.10. The molecule has 1 aromatic heterocycles. The number of aromatic nitrogens is 2. The van der Waals surface area contributed by atoms with Crippen molar-refractivity contribution in [3.63, 3.8) is 0 Å². The summed E-state index contributed by atoms with van der Waals surface area (Å²) >= 11 is 5.90. The number of hydrogen-bond donors (Lipinski definition) is 1. The first kappa shape index (κ1) is 12.1. The molecule has 1 atom stereocenters. The monoisotopic (exact) mass is 251 g/mol. The first-order valence-corrected chi connectivity index (χ1v) is 5.85. The smallest absolute Gasteiger partial charge is 0.258 e. The van der Waals surface area contributed by atoms with Crippen molar-refractivity contribution in [2.45, 2.75) is 26.3 Å². The maximum atomic E-state index is 5.90. The van der Waals surface area contributed by atoms with Crippen molar-refractivity contribution in [2.75, 3.05) is 0 Å². The van der Waals surface area contributed by atoms with Crippen molar-refractivity contribution in [3.05, 3.63) is 34.6 Å². The summed E-state index contributed by atoms with van der Waals surface area (Å²) in [6.45, 7) is 3.93. The molecule has 5 heteroatoms. The molecule has 0 amide bonds. The molecule has 2 aromatic rings. The van der Waals surface area contributed by atoms with Gasteiger partial charge in [0.1, 0.15) is 0 Å². The van der Waals surface area contributed by atoms with Crippen LogP contribution in [0.2, 0.25) is 5.02 Å². The van der Waals surface area contributed by atoms with Gasteiger partial charge in [0.2, 0.25) is 0 Å². The summed E-state index contributed by atoms with van der Waals surface area (Å²) < 4.78 is 5.21. The fraction of sp³-hybridized carbons (Fsp3) is 0.333. The normalized spacial score (nSPS) is 12.7. The van der Waals surface area contributed by atoms with Crippen molar-refractivity contribution < 1.29 is 4.52 Å². The Labute approximate surface area is 105 Å². The summed E-state index contributed by atoms with van der Waals surface area (Å²) in [6, 6.07) is 5.35. The van der Waals surface area contributed by atoms with Crippen molar-refractivity contribution in [1.82, 2.24) is 10.1 Å². The van der Waals surface area contributed by atoms with Crippen molar-refractivity contribution in [3.8, 4) is 11.5 Å². The molecule has 0 saturated heterocycles. The number of hydrogen-bond acceptors (Lipinski definition) is 4. The number of nitrogens with two attached hydrogens (primary N) is 1. The Morgan fingerprint density at radius 1 is 1.47 bits per heavy atom. The quantitative estimate of drug-likeness (QED) is 0.910. The second-order valence-corrected chi connectivity index (χ2v) is 4.37. The predicted octanol–water partition coefficient (Wildman–Crippen LogP) is 3.11. The third kappa shape index (κ3) is 2.48. The lowest BCUT2D eigenvalue weighted by Gasteiger charge is -2.01. The maximum Gasteiger partial charge on any atom is 0.258 e. The van der Waals surface area contributed by atoms with Gasteiger partial charge in [-0.1, -0.05) is 23.7 Å². The molecule has 1 unspecified atom stereocenters. The van der Waals surface area contributed by atoms with Gasteiger partial charge in [-0.3, -0.25) is 0 Å². The average Bonchev–Trinajstić information content (AvgIpc) is 2.77. The van der Waals surface area contributed by atoms with E-state index in [-0.39, 0.29) is 6.04 Å². The van der Waals surface area contributed by atoms with Crippen LogP contribution in [0.1, 0.15) is 30.8 Å². The predicted molar refractivity (Wildman–Crippen MR) is 66.7 cm³/mol. The molecule has 0 aliphatic heterocycles. The molecule has 0 bridgehead atoms. The van der Waals surface area contributed by atoms with Gasteiger partial charge in [0, 0.05) is 10.6 Å². The van der Waals surface area contributed by atoms with Crippen LogP contribution in [-0.4, -0.2) is 10.1 Å². The molecule has 1 heterocycles. The Hall–Kier alpha value is -1.39. The number of aryl methyl sites for hydroxylation is 1. The van der Waals surface area contributed by atoms with Crippen LogP contribution < -0.4 is 5.73 Å². The maximum absolute atomic E-state index is 5.90. The van der Waals surface area contributed by atoms with E-state index in [4.69, 9.17) is 21.9 Å². The van der Waals surface area contributed by atoms with Gasteiger partial charge >= 0.3 is 0 Å². The zero-order chi connectivity index (χ0) is 12.4. The molecule has 2 N–H and O–H groups in total. The van der Waals surface area contributed by atoms with E-state index in [2.05, 4.69) is 10.1 Å². The first-order chi connectivity index (χ1) is 8.11. The molecule has 90 valence electrons. The highest BCUT2D eigenvalue weighted by molar-refractivity contribution is 6.30. The van der Waals surface area contributed by atoms with Crippen LogP contribution in [0.5, 0.6) is 0 Å². The lowest BCUT2D eigenvalue weighted by atomic mass is 10.1. The van der Waals surface area contributed by atoms with Crippen LogP contribution in [0.3, 0.4) is 0 Å². The van der Waals surface area contributed by atoms with Crippen molar-refractivity contribution >= 4 is 11.6 Å². The highest BCUT2D eigenvalue weighted by Gasteiger charge is 2.15. The summed E-state index contributed by atoms with van der Waals surface area (Å²) in [4.78, 5) is 4.30. The van der Waals surface area contributed by atoms with Gasteiger partial charge in [0.05, 0.1) is 6.04 Å². The molecule has 0 aliphatic rings. The number of benzene rings is 1. The van der Waals surface area contributed by atoms with Crippen molar-refractivity contribution in [2.24, 2.45) is 5.73 Å². The van der Waals surface area contributed by atoms with Gasteiger partial charge < -0.3 is 10.3 Å². The Morgan fingerprint density at radius 2 is 2.24 bits per heavy atom. The van der Waals surface area contributed by atoms with E-state index in [1.54, 1.807) is 6.07 Å². The van der Waals surface area contributed by atoms with Crippen LogP contribution in [0, 0.1) is 6.92 Å². The summed E-state index contributed by atoms with van der Waals surface area (Å²) in [7, 11) is 0. The second-order valence-electron chi connectivity index (χ2n) is 3.93. The fourth-order valence-electron chi connectivity index (χ4n) is 1.54. The summed E-state index contributed by atoms with van der Waals surface area (Å²) in [5.74, 6) is 1.02. The zero-order valence-electron chi connectivity index (χ0n) is 9.77. The van der Waals surface area contributed by atoms with Crippen LogP contribution in [0.15, 0.2) is 22.7 Å². The van der Waals surface area contributed by atoms with Crippen LogP contribution in [-0.2, 0) is 0 Å². The molecule has 4 nitrogen and oxygen atoms in total. The second kappa shape index (κ2) is 4.85. The molecule has 17 heavy (non-hydrogen) atoms. The minimum atomic E-state index is -0.180. The van der Waals surface area contributed by atoms with Crippen LogP contribution in [0.4, 0.5) is 0 Å². The number of nitrogens with zero attached hydrogens (tertiary/aromatic N) is 2. The van der Waals surface area contributed by atoms with Crippen LogP contribution >= 0.6 is 11.6 Å². The third-order valence-corrected chi connectivity index (χ3v) is 2.87. The SMILES string of the molecule is CCC(N)c1noc(-c2ccc(Cl)cc2C)n1. The standard InChI is InChI=1S/C12H14ClN3O/c1-3-10(14)11-15-12(17-16-11)9-5-4-8(13)6-7(9)2/h4-6,10H,3,14H2,1-2H3. The topological polar surface area (TPSA) is 64.9 Å². The van der Waals surface area contributed by atoms with E-state index in [0.717, 1.165) is 17.5 Å². The Morgan fingerprint density at radius 3 is 2.88 bits per heavy atom.